The molecule has 6 nitrogen and oxygen atoms in total. The van der Waals surface area contributed by atoms with Crippen molar-refractivity contribution in [1.82, 2.24) is 4.57 Å². The molecule has 0 aliphatic carbocycles. The third kappa shape index (κ3) is 3.42. The molecule has 0 saturated carbocycles. The van der Waals surface area contributed by atoms with Crippen LogP contribution in [0.25, 0.3) is 10.2 Å². The Morgan fingerprint density at radius 3 is 2.54 bits per heavy atom. The highest BCUT2D eigenvalue weighted by Gasteiger charge is 2.18. The van der Waals surface area contributed by atoms with Crippen molar-refractivity contribution in [1.29, 1.82) is 0 Å². The Morgan fingerprint density at radius 2 is 1.88 bits per heavy atom. The summed E-state index contributed by atoms with van der Waals surface area (Å²) >= 11 is 1.02. The van der Waals surface area contributed by atoms with Gasteiger partial charge in [0.2, 0.25) is 0 Å². The minimum Gasteiger partial charge on any atom is -0.296 e. The number of Topliss-reactive ketones (excluding diaryl/α,β-unsaturated/α-hetero) is 1. The largest absolute Gasteiger partial charge is 0.308 e. The monoisotopic (exact) mass is 390 g/mol. The highest BCUT2D eigenvalue weighted by atomic mass is 32.2. The van der Waals surface area contributed by atoms with Gasteiger partial charge >= 0.3 is 4.87 Å². The third-order valence-electron chi connectivity index (χ3n) is 3.93. The zero-order valence-electron chi connectivity index (χ0n) is 14.5. The quantitative estimate of drug-likeness (QED) is 0.674. The molecule has 0 atom stereocenters. The van der Waals surface area contributed by atoms with Gasteiger partial charge in [0.15, 0.2) is 5.78 Å². The lowest BCUT2D eigenvalue weighted by molar-refractivity contribution is 0.101. The van der Waals surface area contributed by atoms with Gasteiger partial charge in [0.25, 0.3) is 10.0 Å². The predicted molar refractivity (Wildman–Crippen MR) is 104 cm³/mol. The van der Waals surface area contributed by atoms with Crippen LogP contribution >= 0.6 is 11.3 Å². The van der Waals surface area contributed by atoms with E-state index in [1.54, 1.807) is 28.8 Å². The highest BCUT2D eigenvalue weighted by Crippen LogP contribution is 2.25. The second-order valence-corrected chi connectivity index (χ2v) is 8.88. The molecule has 0 saturated heterocycles. The number of anilines is 1. The predicted octanol–water partition coefficient (Wildman–Crippen LogP) is 3.65. The van der Waals surface area contributed by atoms with Crippen LogP contribution in [0.5, 0.6) is 0 Å². The second-order valence-electron chi connectivity index (χ2n) is 6.20. The van der Waals surface area contributed by atoms with Gasteiger partial charge in [-0.05, 0) is 51.1 Å². The van der Waals surface area contributed by atoms with Gasteiger partial charge in [0.1, 0.15) is 0 Å². The molecular weight excluding hydrogens is 372 g/mol. The number of rotatable bonds is 5. The molecule has 8 heteroatoms. The summed E-state index contributed by atoms with van der Waals surface area (Å²) in [5.41, 5.74) is 1.45. The van der Waals surface area contributed by atoms with Crippen LogP contribution in [0, 0.1) is 0 Å². The van der Waals surface area contributed by atoms with Gasteiger partial charge in [-0.15, -0.1) is 0 Å². The molecule has 2 aromatic carbocycles. The summed E-state index contributed by atoms with van der Waals surface area (Å²) in [5.74, 6) is -0.146. The molecule has 1 heterocycles. The van der Waals surface area contributed by atoms with E-state index >= 15 is 0 Å². The van der Waals surface area contributed by atoms with Crippen LogP contribution in [-0.4, -0.2) is 18.8 Å². The number of sulfonamides is 1. The Labute approximate surface area is 155 Å². The molecule has 26 heavy (non-hydrogen) atoms. The third-order valence-corrected chi connectivity index (χ3v) is 6.23. The van der Waals surface area contributed by atoms with Crippen LogP contribution in [0.4, 0.5) is 5.69 Å². The molecule has 1 aromatic heterocycles. The van der Waals surface area contributed by atoms with Crippen LogP contribution in [0.15, 0.2) is 52.2 Å². The zero-order chi connectivity index (χ0) is 19.1. The molecule has 0 unspecified atom stereocenters. The van der Waals surface area contributed by atoms with Crippen molar-refractivity contribution < 1.29 is 13.2 Å². The van der Waals surface area contributed by atoms with Crippen molar-refractivity contribution in [3.05, 3.63) is 57.7 Å². The van der Waals surface area contributed by atoms with E-state index in [2.05, 4.69) is 4.72 Å². The van der Waals surface area contributed by atoms with Crippen molar-refractivity contribution in [2.75, 3.05) is 4.72 Å². The van der Waals surface area contributed by atoms with Gasteiger partial charge < -0.3 is 0 Å². The van der Waals surface area contributed by atoms with Gasteiger partial charge in [-0.2, -0.15) is 0 Å². The summed E-state index contributed by atoms with van der Waals surface area (Å²) in [6.07, 6.45) is 0. The maximum absolute atomic E-state index is 12.7. The Hall–Kier alpha value is -2.45. The van der Waals surface area contributed by atoms with Gasteiger partial charge in [0, 0.05) is 17.3 Å². The molecule has 3 rings (SSSR count). The number of ketones is 1. The van der Waals surface area contributed by atoms with Gasteiger partial charge in [-0.3, -0.25) is 18.9 Å². The highest BCUT2D eigenvalue weighted by molar-refractivity contribution is 7.92. The van der Waals surface area contributed by atoms with Gasteiger partial charge in [0.05, 0.1) is 15.1 Å². The maximum atomic E-state index is 12.7. The second kappa shape index (κ2) is 6.69. The molecule has 0 aliphatic heterocycles. The molecule has 0 fully saturated rings. The first-order valence-corrected chi connectivity index (χ1v) is 10.3. The van der Waals surface area contributed by atoms with E-state index in [4.69, 9.17) is 0 Å². The Kier molecular flexibility index (Phi) is 4.72. The standard InChI is InChI=1S/C18H18N2O4S2/c1-11(2)20-16-8-7-15(10-17(16)25-18(20)22)26(23,24)19-14-6-4-5-13(9-14)12(3)21/h4-11,19H,1-3H3. The number of thiazole rings is 1. The van der Waals surface area contributed by atoms with Crippen LogP contribution in [-0.2, 0) is 10.0 Å². The molecule has 0 bridgehead atoms. The Morgan fingerprint density at radius 1 is 1.15 bits per heavy atom. The fourth-order valence-corrected chi connectivity index (χ4v) is 4.89. The van der Waals surface area contributed by atoms with Crippen LogP contribution in [0.1, 0.15) is 37.2 Å². The van der Waals surface area contributed by atoms with E-state index in [-0.39, 0.29) is 21.6 Å². The van der Waals surface area contributed by atoms with E-state index in [0.29, 0.717) is 21.5 Å². The maximum Gasteiger partial charge on any atom is 0.308 e. The lowest BCUT2D eigenvalue weighted by Gasteiger charge is -2.10. The number of hydrogen-bond acceptors (Lipinski definition) is 5. The average Bonchev–Trinajstić information content (AvgIpc) is 2.89. The SMILES string of the molecule is CC(=O)c1cccc(NS(=O)(=O)c2ccc3c(c2)sc(=O)n3C(C)C)c1. The summed E-state index contributed by atoms with van der Waals surface area (Å²) in [5, 5.41) is 0. The van der Waals surface area contributed by atoms with E-state index in [1.807, 2.05) is 13.8 Å². The van der Waals surface area contributed by atoms with E-state index in [0.717, 1.165) is 11.3 Å². The first kappa shape index (κ1) is 18.3. The number of hydrogen-bond donors (Lipinski definition) is 1. The zero-order valence-corrected chi connectivity index (χ0v) is 16.1. The summed E-state index contributed by atoms with van der Waals surface area (Å²) in [6.45, 7) is 5.23. The average molecular weight is 390 g/mol. The number of aromatic nitrogens is 1. The smallest absolute Gasteiger partial charge is 0.296 e. The van der Waals surface area contributed by atoms with Crippen molar-refractivity contribution in [3.8, 4) is 0 Å². The minimum absolute atomic E-state index is 0.00819. The molecule has 1 N–H and O–H groups in total. The number of carbonyl (C=O) groups excluding carboxylic acids is 1. The van der Waals surface area contributed by atoms with Crippen molar-refractivity contribution >= 4 is 43.0 Å². The van der Waals surface area contributed by atoms with Gasteiger partial charge in [-0.1, -0.05) is 23.5 Å². The molecule has 0 radical (unpaired) electrons. The summed E-state index contributed by atoms with van der Waals surface area (Å²) in [7, 11) is -3.84. The molecule has 0 amide bonds. The van der Waals surface area contributed by atoms with Crippen LogP contribution in [0.2, 0.25) is 0 Å². The summed E-state index contributed by atoms with van der Waals surface area (Å²) in [4.78, 5) is 23.5. The molecular formula is C18H18N2O4S2. The van der Waals surface area contributed by atoms with Crippen molar-refractivity contribution in [2.45, 2.75) is 31.7 Å². The number of carbonyl (C=O) groups is 1. The van der Waals surface area contributed by atoms with Crippen molar-refractivity contribution in [2.24, 2.45) is 0 Å². The fourth-order valence-electron chi connectivity index (χ4n) is 2.69. The number of fused-ring (bicyclic) bond motifs is 1. The topological polar surface area (TPSA) is 85.2 Å². The molecule has 0 aliphatic rings. The molecule has 136 valence electrons. The van der Waals surface area contributed by atoms with E-state index in [1.165, 1.54) is 25.1 Å². The Bertz CT molecular complexity index is 1160. The lowest BCUT2D eigenvalue weighted by Crippen LogP contribution is -2.15. The number of nitrogens with zero attached hydrogens (tertiary/aromatic N) is 1. The lowest BCUT2D eigenvalue weighted by atomic mass is 10.1. The van der Waals surface area contributed by atoms with Crippen molar-refractivity contribution in [3.63, 3.8) is 0 Å². The Balaban J connectivity index is 2.01. The summed E-state index contributed by atoms with van der Waals surface area (Å²) < 4.78 is 30.1. The normalized spacial score (nSPS) is 11.8. The van der Waals surface area contributed by atoms with Crippen LogP contribution < -0.4 is 9.60 Å². The minimum atomic E-state index is -3.84. The first-order chi connectivity index (χ1) is 12.2. The fraction of sp³-hybridized carbons (Fsp3) is 0.222. The number of benzene rings is 2. The van der Waals surface area contributed by atoms with E-state index < -0.39 is 10.0 Å². The van der Waals surface area contributed by atoms with Crippen LogP contribution in [0.3, 0.4) is 0 Å². The van der Waals surface area contributed by atoms with Gasteiger partial charge in [-0.25, -0.2) is 8.42 Å². The summed E-state index contributed by atoms with van der Waals surface area (Å²) in [6, 6.07) is 10.9. The molecule has 3 aromatic rings. The van der Waals surface area contributed by atoms with E-state index in [9.17, 15) is 18.0 Å². The first-order valence-electron chi connectivity index (χ1n) is 7.98. The molecule has 0 spiro atoms. The number of nitrogens with one attached hydrogen (secondary N) is 1.